The molecule has 0 unspecified atom stereocenters. The fraction of sp³-hybridized carbons (Fsp3) is 0.167. The minimum Gasteiger partial charge on any atom is -0.479 e. The molecule has 3 rings (SSSR count). The highest BCUT2D eigenvalue weighted by molar-refractivity contribution is 6.08. The van der Waals surface area contributed by atoms with Crippen molar-refractivity contribution >= 4 is 17.8 Å². The molecular weight excluding hydrogens is 385 g/mol. The number of carbonyl (C=O) groups excluding carboxylic acids is 1. The average Bonchev–Trinajstić information content (AvgIpc) is 3.08. The van der Waals surface area contributed by atoms with Crippen LogP contribution >= 0.6 is 0 Å². The molecule has 0 saturated carbocycles. The number of nitrogens with zero attached hydrogens (tertiary/aromatic N) is 1. The van der Waals surface area contributed by atoms with Crippen molar-refractivity contribution in [2.45, 2.75) is 26.5 Å². The number of aromatic nitrogens is 1. The van der Waals surface area contributed by atoms with E-state index in [0.29, 0.717) is 17.9 Å². The Morgan fingerprint density at radius 2 is 1.90 bits per heavy atom. The molecule has 0 aliphatic carbocycles. The first kappa shape index (κ1) is 21.0. The van der Waals surface area contributed by atoms with Gasteiger partial charge in [-0.3, -0.25) is 4.79 Å². The summed E-state index contributed by atoms with van der Waals surface area (Å²) in [5.41, 5.74) is 2.61. The topological polar surface area (TPSA) is 68.5 Å². The second kappa shape index (κ2) is 9.22. The monoisotopic (exact) mass is 407 g/mol. The zero-order valence-electron chi connectivity index (χ0n) is 16.7. The third-order valence-corrected chi connectivity index (χ3v) is 4.54. The van der Waals surface area contributed by atoms with Crippen LogP contribution in [-0.4, -0.2) is 27.5 Å². The van der Waals surface area contributed by atoms with E-state index in [0.717, 1.165) is 11.1 Å². The molecule has 0 bridgehead atoms. The van der Waals surface area contributed by atoms with Crippen molar-refractivity contribution in [3.63, 3.8) is 0 Å². The number of aryl methyl sites for hydroxylation is 1. The van der Waals surface area contributed by atoms with Crippen molar-refractivity contribution in [3.8, 4) is 5.75 Å². The molecule has 5 nitrogen and oxygen atoms in total. The van der Waals surface area contributed by atoms with Crippen LogP contribution < -0.4 is 4.74 Å². The van der Waals surface area contributed by atoms with E-state index in [9.17, 15) is 14.0 Å². The molecular formula is C24H22FNO4. The predicted molar refractivity (Wildman–Crippen MR) is 112 cm³/mol. The van der Waals surface area contributed by atoms with Crippen LogP contribution in [0.2, 0.25) is 0 Å². The van der Waals surface area contributed by atoms with Crippen LogP contribution in [0.3, 0.4) is 0 Å². The number of ketones is 1. The number of aliphatic carboxylic acids is 1. The van der Waals surface area contributed by atoms with Crippen LogP contribution in [-0.2, 0) is 11.3 Å². The van der Waals surface area contributed by atoms with Crippen LogP contribution in [0.15, 0.2) is 66.9 Å². The lowest BCUT2D eigenvalue weighted by Crippen LogP contribution is -2.22. The second-order valence-electron chi connectivity index (χ2n) is 6.96. The van der Waals surface area contributed by atoms with Crippen LogP contribution in [0.1, 0.15) is 34.1 Å². The third kappa shape index (κ3) is 5.23. The molecule has 0 amide bonds. The maximum atomic E-state index is 13.9. The number of allylic oxidation sites excluding steroid dienone is 1. The molecule has 3 aromatic rings. The lowest BCUT2D eigenvalue weighted by Gasteiger charge is -2.10. The summed E-state index contributed by atoms with van der Waals surface area (Å²) in [6.45, 7) is 3.69. The summed E-state index contributed by atoms with van der Waals surface area (Å²) in [7, 11) is 0. The van der Waals surface area contributed by atoms with E-state index in [1.54, 1.807) is 47.1 Å². The van der Waals surface area contributed by atoms with Crippen LogP contribution in [0, 0.1) is 12.7 Å². The molecule has 154 valence electrons. The zero-order valence-corrected chi connectivity index (χ0v) is 16.7. The Kier molecular flexibility index (Phi) is 6.47. The van der Waals surface area contributed by atoms with Gasteiger partial charge in [0.1, 0.15) is 11.6 Å². The third-order valence-electron chi connectivity index (χ3n) is 4.54. The first-order valence-electron chi connectivity index (χ1n) is 9.46. The van der Waals surface area contributed by atoms with Gasteiger partial charge in [-0.25, -0.2) is 9.18 Å². The molecule has 0 saturated heterocycles. The molecule has 6 heteroatoms. The number of ether oxygens (including phenoxy) is 1. The highest BCUT2D eigenvalue weighted by Gasteiger charge is 2.15. The van der Waals surface area contributed by atoms with Gasteiger partial charge in [-0.2, -0.15) is 0 Å². The summed E-state index contributed by atoms with van der Waals surface area (Å²) in [5, 5.41) is 8.95. The second-order valence-corrected chi connectivity index (χ2v) is 6.96. The van der Waals surface area contributed by atoms with E-state index in [2.05, 4.69) is 0 Å². The van der Waals surface area contributed by atoms with Crippen molar-refractivity contribution in [2.75, 3.05) is 0 Å². The quantitative estimate of drug-likeness (QED) is 0.548. The summed E-state index contributed by atoms with van der Waals surface area (Å²) in [5.74, 6) is -1.33. The van der Waals surface area contributed by atoms with Crippen LogP contribution in [0.25, 0.3) is 6.08 Å². The van der Waals surface area contributed by atoms with E-state index < -0.39 is 17.9 Å². The van der Waals surface area contributed by atoms with E-state index in [4.69, 9.17) is 9.84 Å². The molecule has 0 fully saturated rings. The molecule has 1 aromatic heterocycles. The number of benzene rings is 2. The molecule has 2 aromatic carbocycles. The molecule has 0 aliphatic rings. The Hall–Kier alpha value is -3.67. The molecule has 30 heavy (non-hydrogen) atoms. The number of carboxylic acid groups (broad SMARTS) is 1. The normalized spacial score (nSPS) is 12.1. The van der Waals surface area contributed by atoms with Crippen LogP contribution in [0.4, 0.5) is 4.39 Å². The van der Waals surface area contributed by atoms with Gasteiger partial charge in [0.25, 0.3) is 0 Å². The fourth-order valence-electron chi connectivity index (χ4n) is 2.92. The van der Waals surface area contributed by atoms with Gasteiger partial charge in [0.2, 0.25) is 5.78 Å². The maximum absolute atomic E-state index is 13.9. The smallest absolute Gasteiger partial charge is 0.344 e. The summed E-state index contributed by atoms with van der Waals surface area (Å²) < 4.78 is 20.8. The van der Waals surface area contributed by atoms with Crippen molar-refractivity contribution in [2.24, 2.45) is 0 Å². The Morgan fingerprint density at radius 1 is 1.17 bits per heavy atom. The number of carboxylic acids is 1. The number of rotatable bonds is 8. The number of halogens is 1. The van der Waals surface area contributed by atoms with Gasteiger partial charge >= 0.3 is 5.97 Å². The SMILES string of the molecule is Cc1ccc(C(=O)c2cc(F)cn2C/C=C/c2cccc(O[C@@H](C)C(=O)O)c2)cc1. The zero-order chi connectivity index (χ0) is 21.7. The van der Waals surface area contributed by atoms with Gasteiger partial charge in [0, 0.05) is 24.4 Å². The van der Waals surface area contributed by atoms with Gasteiger partial charge in [0.15, 0.2) is 6.10 Å². The summed E-state index contributed by atoms with van der Waals surface area (Å²) in [6, 6.07) is 15.4. The first-order valence-corrected chi connectivity index (χ1v) is 9.46. The summed E-state index contributed by atoms with van der Waals surface area (Å²) in [6.07, 6.45) is 3.93. The predicted octanol–water partition coefficient (Wildman–Crippen LogP) is 4.73. The summed E-state index contributed by atoms with van der Waals surface area (Å²) >= 11 is 0. The molecule has 0 radical (unpaired) electrons. The Balaban J connectivity index is 1.73. The van der Waals surface area contributed by atoms with E-state index >= 15 is 0 Å². The molecule has 1 N–H and O–H groups in total. The van der Waals surface area contributed by atoms with Crippen LogP contribution in [0.5, 0.6) is 5.75 Å². The van der Waals surface area contributed by atoms with Crippen molar-refractivity contribution < 1.29 is 23.8 Å². The van der Waals surface area contributed by atoms with Crippen molar-refractivity contribution in [3.05, 3.63) is 95.1 Å². The highest BCUT2D eigenvalue weighted by Crippen LogP contribution is 2.18. The first-order chi connectivity index (χ1) is 14.3. The van der Waals surface area contributed by atoms with Gasteiger partial charge < -0.3 is 14.4 Å². The molecule has 0 spiro atoms. The van der Waals surface area contributed by atoms with Gasteiger partial charge in [-0.05, 0) is 31.5 Å². The van der Waals surface area contributed by atoms with Crippen molar-refractivity contribution in [1.29, 1.82) is 0 Å². The minimum atomic E-state index is -1.05. The lowest BCUT2D eigenvalue weighted by atomic mass is 10.1. The van der Waals surface area contributed by atoms with E-state index in [-0.39, 0.29) is 11.5 Å². The standard InChI is InChI=1S/C24H22FNO4/c1-16-8-10-19(11-9-16)23(27)22-14-20(25)15-26(22)12-4-6-18-5-3-7-21(13-18)30-17(2)24(28)29/h3-11,13-15,17H,12H2,1-2H3,(H,28,29)/b6-4+/t17-/m0/s1. The largest absolute Gasteiger partial charge is 0.479 e. The van der Waals surface area contributed by atoms with Crippen molar-refractivity contribution in [1.82, 2.24) is 4.57 Å². The van der Waals surface area contributed by atoms with Gasteiger partial charge in [-0.15, -0.1) is 0 Å². The van der Waals surface area contributed by atoms with Gasteiger partial charge in [0.05, 0.1) is 5.69 Å². The summed E-state index contributed by atoms with van der Waals surface area (Å²) in [4.78, 5) is 23.7. The highest BCUT2D eigenvalue weighted by atomic mass is 19.1. The number of hydrogen-bond donors (Lipinski definition) is 1. The maximum Gasteiger partial charge on any atom is 0.344 e. The Labute approximate surface area is 174 Å². The van der Waals surface area contributed by atoms with E-state index in [1.807, 2.05) is 25.1 Å². The van der Waals surface area contributed by atoms with Gasteiger partial charge in [-0.1, -0.05) is 54.1 Å². The fourth-order valence-corrected chi connectivity index (χ4v) is 2.92. The average molecular weight is 407 g/mol. The minimum absolute atomic E-state index is 0.245. The molecule has 1 atom stereocenters. The Bertz CT molecular complexity index is 1080. The Morgan fingerprint density at radius 3 is 2.60 bits per heavy atom. The molecule has 0 aliphatic heterocycles. The lowest BCUT2D eigenvalue weighted by molar-refractivity contribution is -0.144. The molecule has 1 heterocycles. The van der Waals surface area contributed by atoms with E-state index in [1.165, 1.54) is 19.2 Å². The number of hydrogen-bond acceptors (Lipinski definition) is 3. The number of carbonyl (C=O) groups is 2.